The number of benzene rings is 1. The normalized spacial score (nSPS) is 11.4. The molecule has 2 aromatic heterocycles. The summed E-state index contributed by atoms with van der Waals surface area (Å²) in [6, 6.07) is 17.5. The Balaban J connectivity index is 1.97. The van der Waals surface area contributed by atoms with Gasteiger partial charge >= 0.3 is 0 Å². The zero-order chi connectivity index (χ0) is 15.2. The van der Waals surface area contributed by atoms with Crippen LogP contribution in [0.3, 0.4) is 0 Å². The Hall–Kier alpha value is -3.19. The average molecular weight is 286 g/mol. The van der Waals surface area contributed by atoms with Crippen LogP contribution < -0.4 is 5.32 Å². The minimum atomic E-state index is -0.0503. The molecule has 0 spiro atoms. The number of hydrogen-bond donors (Lipinski definition) is 1. The molecule has 4 heteroatoms. The number of nitrogens with zero attached hydrogens (tertiary/aromatic N) is 3. The van der Waals surface area contributed by atoms with Crippen molar-refractivity contribution in [3.8, 4) is 6.07 Å². The molecule has 1 atom stereocenters. The Kier molecular flexibility index (Phi) is 4.08. The summed E-state index contributed by atoms with van der Waals surface area (Å²) >= 11 is 0. The fourth-order valence-corrected chi connectivity index (χ4v) is 2.27. The number of nitrogens with one attached hydrogen (secondary N) is 1. The summed E-state index contributed by atoms with van der Waals surface area (Å²) in [7, 11) is 0. The van der Waals surface area contributed by atoms with E-state index in [0.717, 1.165) is 16.8 Å². The zero-order valence-electron chi connectivity index (χ0n) is 11.8. The number of pyridine rings is 2. The number of hydrogen-bond acceptors (Lipinski definition) is 4. The quantitative estimate of drug-likeness (QED) is 0.796. The molecule has 0 bridgehead atoms. The largest absolute Gasteiger partial charge is 0.373 e. The lowest BCUT2D eigenvalue weighted by molar-refractivity contribution is 0.925. The summed E-state index contributed by atoms with van der Waals surface area (Å²) in [6.07, 6.45) is 7.12. The van der Waals surface area contributed by atoms with Gasteiger partial charge < -0.3 is 5.32 Å². The van der Waals surface area contributed by atoms with Gasteiger partial charge in [0.05, 0.1) is 23.4 Å². The molecule has 0 unspecified atom stereocenters. The van der Waals surface area contributed by atoms with Gasteiger partial charge in [-0.3, -0.25) is 9.97 Å². The van der Waals surface area contributed by atoms with Crippen molar-refractivity contribution in [3.05, 3.63) is 90.0 Å². The highest BCUT2D eigenvalue weighted by atomic mass is 14.9. The van der Waals surface area contributed by atoms with Crippen LogP contribution in [-0.4, -0.2) is 9.97 Å². The van der Waals surface area contributed by atoms with Crippen LogP contribution in [0.2, 0.25) is 0 Å². The van der Waals surface area contributed by atoms with Gasteiger partial charge in [0.2, 0.25) is 0 Å². The summed E-state index contributed by atoms with van der Waals surface area (Å²) in [5.41, 5.74) is 3.70. The Morgan fingerprint density at radius 1 is 0.864 bits per heavy atom. The molecule has 3 aromatic rings. The second kappa shape index (κ2) is 6.51. The molecule has 2 heterocycles. The summed E-state index contributed by atoms with van der Waals surface area (Å²) in [5.74, 6) is 0. The van der Waals surface area contributed by atoms with Crippen molar-refractivity contribution in [1.82, 2.24) is 9.97 Å². The molecule has 0 aliphatic rings. The lowest BCUT2D eigenvalue weighted by atomic mass is 9.99. The first-order valence-electron chi connectivity index (χ1n) is 6.93. The van der Waals surface area contributed by atoms with E-state index in [0.29, 0.717) is 5.56 Å². The first-order valence-corrected chi connectivity index (χ1v) is 6.93. The molecule has 1 N–H and O–H groups in total. The molecule has 0 fully saturated rings. The second-order valence-corrected chi connectivity index (χ2v) is 4.84. The number of nitriles is 1. The average Bonchev–Trinajstić information content (AvgIpc) is 2.61. The van der Waals surface area contributed by atoms with E-state index in [1.54, 1.807) is 18.6 Å². The first-order chi connectivity index (χ1) is 10.9. The molecule has 4 nitrogen and oxygen atoms in total. The van der Waals surface area contributed by atoms with Gasteiger partial charge in [0.1, 0.15) is 0 Å². The van der Waals surface area contributed by atoms with Crippen LogP contribution in [0.5, 0.6) is 0 Å². The standard InChI is InChI=1S/C18H14N4/c19-11-14-5-7-15(8-6-14)18(16-3-1-9-20-12-16)22-17-4-2-10-21-13-17/h1-10,12-13,18,22H/t18-/m0/s1. The van der Waals surface area contributed by atoms with Gasteiger partial charge in [-0.25, -0.2) is 0 Å². The van der Waals surface area contributed by atoms with Gasteiger partial charge in [0, 0.05) is 24.8 Å². The maximum Gasteiger partial charge on any atom is 0.0991 e. The van der Waals surface area contributed by atoms with Crippen molar-refractivity contribution in [3.63, 3.8) is 0 Å². The minimum absolute atomic E-state index is 0.0503. The van der Waals surface area contributed by atoms with Crippen molar-refractivity contribution in [1.29, 1.82) is 5.26 Å². The van der Waals surface area contributed by atoms with Crippen LogP contribution in [0.15, 0.2) is 73.3 Å². The van der Waals surface area contributed by atoms with Crippen LogP contribution in [-0.2, 0) is 0 Å². The molecule has 106 valence electrons. The van der Waals surface area contributed by atoms with Crippen LogP contribution in [0.25, 0.3) is 0 Å². The van der Waals surface area contributed by atoms with Gasteiger partial charge in [-0.15, -0.1) is 0 Å². The van der Waals surface area contributed by atoms with Gasteiger partial charge in [-0.05, 0) is 41.5 Å². The first kappa shape index (κ1) is 13.8. The Morgan fingerprint density at radius 2 is 1.59 bits per heavy atom. The lowest BCUT2D eigenvalue weighted by Crippen LogP contribution is -2.12. The van der Waals surface area contributed by atoms with E-state index in [9.17, 15) is 0 Å². The van der Waals surface area contributed by atoms with E-state index in [-0.39, 0.29) is 6.04 Å². The van der Waals surface area contributed by atoms with E-state index in [1.165, 1.54) is 0 Å². The molecular formula is C18H14N4. The summed E-state index contributed by atoms with van der Waals surface area (Å²) in [4.78, 5) is 8.33. The Bertz CT molecular complexity index is 762. The Labute approximate surface area is 129 Å². The highest BCUT2D eigenvalue weighted by molar-refractivity contribution is 5.48. The molecule has 0 saturated heterocycles. The molecule has 22 heavy (non-hydrogen) atoms. The molecule has 0 aliphatic carbocycles. The monoisotopic (exact) mass is 286 g/mol. The minimum Gasteiger partial charge on any atom is -0.373 e. The topological polar surface area (TPSA) is 61.6 Å². The van der Waals surface area contributed by atoms with E-state index in [2.05, 4.69) is 21.4 Å². The highest BCUT2D eigenvalue weighted by Crippen LogP contribution is 2.26. The predicted molar refractivity (Wildman–Crippen MR) is 85.1 cm³/mol. The summed E-state index contributed by atoms with van der Waals surface area (Å²) in [5, 5.41) is 12.4. The molecule has 3 rings (SSSR count). The van der Waals surface area contributed by atoms with Crippen molar-refractivity contribution in [2.45, 2.75) is 6.04 Å². The second-order valence-electron chi connectivity index (χ2n) is 4.84. The van der Waals surface area contributed by atoms with Crippen LogP contribution >= 0.6 is 0 Å². The maximum absolute atomic E-state index is 8.94. The van der Waals surface area contributed by atoms with Crippen molar-refractivity contribution >= 4 is 5.69 Å². The molecule has 1 aromatic carbocycles. The molecule has 0 aliphatic heterocycles. The number of anilines is 1. The summed E-state index contributed by atoms with van der Waals surface area (Å²) in [6.45, 7) is 0. The molecule has 0 amide bonds. The van der Waals surface area contributed by atoms with E-state index in [4.69, 9.17) is 5.26 Å². The van der Waals surface area contributed by atoms with E-state index in [1.807, 2.05) is 54.7 Å². The maximum atomic E-state index is 8.94. The van der Waals surface area contributed by atoms with Crippen LogP contribution in [0.4, 0.5) is 5.69 Å². The van der Waals surface area contributed by atoms with Crippen LogP contribution in [0.1, 0.15) is 22.7 Å². The lowest BCUT2D eigenvalue weighted by Gasteiger charge is -2.20. The third-order valence-electron chi connectivity index (χ3n) is 3.36. The molecular weight excluding hydrogens is 272 g/mol. The Morgan fingerprint density at radius 3 is 2.18 bits per heavy atom. The fraction of sp³-hybridized carbons (Fsp3) is 0.0556. The van der Waals surface area contributed by atoms with E-state index < -0.39 is 0 Å². The molecule has 0 saturated carbocycles. The van der Waals surface area contributed by atoms with Gasteiger partial charge in [0.25, 0.3) is 0 Å². The molecule has 0 radical (unpaired) electrons. The van der Waals surface area contributed by atoms with Gasteiger partial charge in [0.15, 0.2) is 0 Å². The van der Waals surface area contributed by atoms with Crippen LogP contribution in [0, 0.1) is 11.3 Å². The van der Waals surface area contributed by atoms with Crippen molar-refractivity contribution < 1.29 is 0 Å². The number of aromatic nitrogens is 2. The third-order valence-corrected chi connectivity index (χ3v) is 3.36. The van der Waals surface area contributed by atoms with Gasteiger partial charge in [-0.2, -0.15) is 5.26 Å². The fourth-order valence-electron chi connectivity index (χ4n) is 2.27. The predicted octanol–water partition coefficient (Wildman–Crippen LogP) is 3.55. The summed E-state index contributed by atoms with van der Waals surface area (Å²) < 4.78 is 0. The van der Waals surface area contributed by atoms with Crippen molar-refractivity contribution in [2.24, 2.45) is 0 Å². The highest BCUT2D eigenvalue weighted by Gasteiger charge is 2.14. The van der Waals surface area contributed by atoms with Gasteiger partial charge in [-0.1, -0.05) is 18.2 Å². The van der Waals surface area contributed by atoms with E-state index >= 15 is 0 Å². The number of rotatable bonds is 4. The van der Waals surface area contributed by atoms with Crippen molar-refractivity contribution in [2.75, 3.05) is 5.32 Å². The zero-order valence-corrected chi connectivity index (χ0v) is 11.8. The third kappa shape index (κ3) is 3.10. The SMILES string of the molecule is N#Cc1ccc([C@H](Nc2cccnc2)c2cccnc2)cc1. The smallest absolute Gasteiger partial charge is 0.0991 e.